The van der Waals surface area contributed by atoms with Gasteiger partial charge < -0.3 is 0 Å². The number of benzene rings is 1. The summed E-state index contributed by atoms with van der Waals surface area (Å²) in [5, 5.41) is 3.97. The number of aromatic nitrogens is 2. The van der Waals surface area contributed by atoms with Gasteiger partial charge in [0.15, 0.2) is 0 Å². The van der Waals surface area contributed by atoms with Crippen molar-refractivity contribution < 1.29 is 8.78 Å². The summed E-state index contributed by atoms with van der Waals surface area (Å²) in [5.41, 5.74) is 0.0389. The van der Waals surface area contributed by atoms with E-state index in [2.05, 4.69) is 27.7 Å². The monoisotopic (exact) mass is 320 g/mol. The van der Waals surface area contributed by atoms with Gasteiger partial charge in [0, 0.05) is 11.8 Å². The van der Waals surface area contributed by atoms with Crippen LogP contribution in [0, 0.1) is 15.2 Å². The third-order valence-electron chi connectivity index (χ3n) is 1.98. The number of hydrogen-bond acceptors (Lipinski definition) is 1. The number of rotatable bonds is 2. The van der Waals surface area contributed by atoms with Crippen LogP contribution in [0.1, 0.15) is 5.56 Å². The lowest BCUT2D eigenvalue weighted by Crippen LogP contribution is -2.04. The maximum Gasteiger partial charge on any atom is 0.131 e. The minimum atomic E-state index is -0.541. The molecule has 2 rings (SSSR count). The molecule has 0 spiro atoms. The van der Waals surface area contributed by atoms with Crippen LogP contribution in [-0.4, -0.2) is 9.78 Å². The van der Waals surface area contributed by atoms with E-state index in [1.165, 1.54) is 22.9 Å². The van der Waals surface area contributed by atoms with Gasteiger partial charge in [-0.25, -0.2) is 8.78 Å². The highest BCUT2D eigenvalue weighted by atomic mass is 127. The van der Waals surface area contributed by atoms with Gasteiger partial charge in [0.2, 0.25) is 0 Å². The first-order valence-corrected chi connectivity index (χ1v) is 5.35. The van der Waals surface area contributed by atoms with E-state index in [0.29, 0.717) is 0 Å². The Kier molecular flexibility index (Phi) is 2.99. The standard InChI is InChI=1S/C10H7F2IN2/c11-9-2-1-3-10(12)8(9)6-15-5-7(13)4-14-15/h1-5H,6H2. The fourth-order valence-electron chi connectivity index (χ4n) is 1.27. The summed E-state index contributed by atoms with van der Waals surface area (Å²) in [5.74, 6) is -1.08. The third-order valence-corrected chi connectivity index (χ3v) is 2.54. The van der Waals surface area contributed by atoms with Gasteiger partial charge in [-0.2, -0.15) is 5.10 Å². The lowest BCUT2D eigenvalue weighted by Gasteiger charge is -2.04. The first-order valence-electron chi connectivity index (χ1n) is 4.27. The van der Waals surface area contributed by atoms with Crippen molar-refractivity contribution in [3.63, 3.8) is 0 Å². The minimum Gasteiger partial charge on any atom is -0.267 e. The number of nitrogens with zero attached hydrogens (tertiary/aromatic N) is 2. The normalized spacial score (nSPS) is 10.6. The molecule has 2 nitrogen and oxygen atoms in total. The molecule has 0 unspecified atom stereocenters. The van der Waals surface area contributed by atoms with Crippen LogP contribution in [0.3, 0.4) is 0 Å². The van der Waals surface area contributed by atoms with Gasteiger partial charge in [-0.3, -0.25) is 4.68 Å². The zero-order chi connectivity index (χ0) is 10.8. The molecule has 0 atom stereocenters. The van der Waals surface area contributed by atoms with Gasteiger partial charge in [-0.15, -0.1) is 0 Å². The van der Waals surface area contributed by atoms with Gasteiger partial charge in [0.25, 0.3) is 0 Å². The van der Waals surface area contributed by atoms with Crippen molar-refractivity contribution in [3.05, 3.63) is 51.4 Å². The second-order valence-corrected chi connectivity index (χ2v) is 4.30. The van der Waals surface area contributed by atoms with E-state index >= 15 is 0 Å². The summed E-state index contributed by atoms with van der Waals surface area (Å²) in [6.07, 6.45) is 3.37. The molecule has 1 aromatic heterocycles. The molecule has 0 aliphatic heterocycles. The molecule has 1 heterocycles. The van der Waals surface area contributed by atoms with Crippen molar-refractivity contribution in [1.82, 2.24) is 9.78 Å². The molecule has 0 bridgehead atoms. The van der Waals surface area contributed by atoms with Crippen LogP contribution < -0.4 is 0 Å². The maximum absolute atomic E-state index is 13.3. The summed E-state index contributed by atoms with van der Waals surface area (Å²) in [4.78, 5) is 0. The maximum atomic E-state index is 13.3. The fourth-order valence-corrected chi connectivity index (χ4v) is 1.72. The average molecular weight is 320 g/mol. The van der Waals surface area contributed by atoms with Gasteiger partial charge in [0.1, 0.15) is 11.6 Å². The highest BCUT2D eigenvalue weighted by Crippen LogP contribution is 2.13. The van der Waals surface area contributed by atoms with Crippen molar-refractivity contribution in [3.8, 4) is 0 Å². The van der Waals surface area contributed by atoms with Crippen molar-refractivity contribution in [2.45, 2.75) is 6.54 Å². The Labute approximate surface area is 99.1 Å². The van der Waals surface area contributed by atoms with Crippen LogP contribution in [0.5, 0.6) is 0 Å². The average Bonchev–Trinajstić information content (AvgIpc) is 2.58. The lowest BCUT2D eigenvalue weighted by atomic mass is 10.2. The van der Waals surface area contributed by atoms with Crippen molar-refractivity contribution in [2.75, 3.05) is 0 Å². The fraction of sp³-hybridized carbons (Fsp3) is 0.100. The predicted molar refractivity (Wildman–Crippen MR) is 60.4 cm³/mol. The molecule has 0 radical (unpaired) electrons. The lowest BCUT2D eigenvalue weighted by molar-refractivity contribution is 0.533. The van der Waals surface area contributed by atoms with E-state index < -0.39 is 11.6 Å². The Bertz CT molecular complexity index is 462. The third kappa shape index (κ3) is 2.34. The summed E-state index contributed by atoms with van der Waals surface area (Å²) < 4.78 is 29.0. The minimum absolute atomic E-state index is 0.0389. The molecule has 0 saturated heterocycles. The van der Waals surface area contributed by atoms with Crippen LogP contribution in [-0.2, 0) is 6.54 Å². The van der Waals surface area contributed by atoms with Crippen LogP contribution in [0.15, 0.2) is 30.6 Å². The molecule has 15 heavy (non-hydrogen) atoms. The molecule has 0 amide bonds. The van der Waals surface area contributed by atoms with Gasteiger partial charge in [-0.1, -0.05) is 6.07 Å². The van der Waals surface area contributed by atoms with Crippen LogP contribution in [0.25, 0.3) is 0 Å². The van der Waals surface area contributed by atoms with Crippen LogP contribution in [0.4, 0.5) is 8.78 Å². The molecule has 0 aliphatic carbocycles. The predicted octanol–water partition coefficient (Wildman–Crippen LogP) is 2.81. The van der Waals surface area contributed by atoms with E-state index in [1.807, 2.05) is 0 Å². The van der Waals surface area contributed by atoms with Crippen molar-refractivity contribution in [2.24, 2.45) is 0 Å². The summed E-state index contributed by atoms with van der Waals surface area (Å²) in [7, 11) is 0. The van der Waals surface area contributed by atoms with E-state index in [9.17, 15) is 8.78 Å². The zero-order valence-corrected chi connectivity index (χ0v) is 9.78. The van der Waals surface area contributed by atoms with Gasteiger partial charge in [-0.05, 0) is 34.7 Å². The Hall–Kier alpha value is -0.980. The highest BCUT2D eigenvalue weighted by molar-refractivity contribution is 14.1. The Morgan fingerprint density at radius 3 is 2.47 bits per heavy atom. The summed E-state index contributed by atoms with van der Waals surface area (Å²) in [6.45, 7) is 0.113. The van der Waals surface area contributed by atoms with Crippen LogP contribution in [0.2, 0.25) is 0 Å². The molecular formula is C10H7F2IN2. The summed E-state index contributed by atoms with van der Waals surface area (Å²) >= 11 is 2.09. The molecule has 1 aromatic carbocycles. The molecule has 0 saturated carbocycles. The first kappa shape index (κ1) is 10.5. The van der Waals surface area contributed by atoms with E-state index in [1.54, 1.807) is 12.4 Å². The van der Waals surface area contributed by atoms with E-state index in [0.717, 1.165) is 3.57 Å². The second kappa shape index (κ2) is 4.26. The Morgan fingerprint density at radius 1 is 1.27 bits per heavy atom. The van der Waals surface area contributed by atoms with Crippen LogP contribution >= 0.6 is 22.6 Å². The first-order chi connectivity index (χ1) is 7.16. The molecule has 0 fully saturated rings. The molecule has 0 aliphatic rings. The molecule has 2 aromatic rings. The SMILES string of the molecule is Fc1cccc(F)c1Cn1cc(I)cn1. The second-order valence-electron chi connectivity index (χ2n) is 3.06. The largest absolute Gasteiger partial charge is 0.267 e. The van der Waals surface area contributed by atoms with Crippen molar-refractivity contribution >= 4 is 22.6 Å². The molecule has 78 valence electrons. The van der Waals surface area contributed by atoms with Gasteiger partial charge >= 0.3 is 0 Å². The molecule has 5 heteroatoms. The quantitative estimate of drug-likeness (QED) is 0.778. The zero-order valence-electron chi connectivity index (χ0n) is 7.62. The summed E-state index contributed by atoms with van der Waals surface area (Å²) in [6, 6.07) is 3.83. The number of hydrogen-bond donors (Lipinski definition) is 0. The Balaban J connectivity index is 2.31. The van der Waals surface area contributed by atoms with Crippen molar-refractivity contribution in [1.29, 1.82) is 0 Å². The van der Waals surface area contributed by atoms with Gasteiger partial charge in [0.05, 0.1) is 16.3 Å². The highest BCUT2D eigenvalue weighted by Gasteiger charge is 2.09. The number of halogens is 3. The smallest absolute Gasteiger partial charge is 0.131 e. The topological polar surface area (TPSA) is 17.8 Å². The Morgan fingerprint density at radius 2 is 1.93 bits per heavy atom. The van der Waals surface area contributed by atoms with E-state index in [-0.39, 0.29) is 12.1 Å². The van der Waals surface area contributed by atoms with E-state index in [4.69, 9.17) is 0 Å². The molecular weight excluding hydrogens is 313 g/mol. The molecule has 0 N–H and O–H groups in total.